The number of aliphatic hydroxyl groups is 4. The molecule has 35 nitrogen and oxygen atoms in total. The van der Waals surface area contributed by atoms with E-state index in [0.29, 0.717) is 67.9 Å². The van der Waals surface area contributed by atoms with Gasteiger partial charge < -0.3 is 79.1 Å². The molecule has 2 unspecified atom stereocenters. The second kappa shape index (κ2) is 46.3. The molecule has 0 aromatic rings. The summed E-state index contributed by atoms with van der Waals surface area (Å²) in [6.07, 6.45) is 7.52. The Balaban J connectivity index is 0.00000140. The number of aliphatic carboxylic acids is 1. The molecule has 9 aliphatic rings. The molecule has 6 heterocycles. The summed E-state index contributed by atoms with van der Waals surface area (Å²) in [6.45, 7) is 41.2. The van der Waals surface area contributed by atoms with Gasteiger partial charge in [0.25, 0.3) is 0 Å². The van der Waals surface area contributed by atoms with Crippen LogP contribution < -0.4 is 29.6 Å². The number of piperidine rings is 3. The van der Waals surface area contributed by atoms with Gasteiger partial charge in [0.2, 0.25) is 0 Å². The van der Waals surface area contributed by atoms with Gasteiger partial charge in [0.1, 0.15) is 76.1 Å². The SMILES string of the molecule is CC(C)(C)OC(=O)N1[C@H](C(=O)O)C[C@@]2(CO)C[C@@H]12.CCOC(=O)[C@@H]1CC(C=O)=CN1C(=O)OC(C)(C)C.CCOC(=O)[C@@H]1CC(CO)=CN1C(=O)OC(C)(C)C.CCOC(=O)[C@@H]1CC2(CO)CC2N1C(=O)OC(C)(C)C.CCOC(=O)[C@@H]1CC=CN1C(=O)OC(C)(C)C.CCOC(=O)[C@@H]1C[C@@]2(CO)C[C@H]2N1C(=O)OC(C)(C)C.ClCCCl.[B].[H-].[Na+]. The Bertz CT molecular complexity index is 3500. The molecule has 9 rings (SSSR count). The molecule has 3 saturated carbocycles. The number of likely N-dealkylation sites (tertiary alicyclic amines) is 3. The van der Waals surface area contributed by atoms with Gasteiger partial charge in [-0.3, -0.25) is 34.2 Å². The number of carbonyl (C=O) groups excluding carboxylic acids is 12. The number of halogens is 2. The molecule has 6 amide bonds. The van der Waals surface area contributed by atoms with E-state index in [4.69, 9.17) is 85.5 Å². The first kappa shape index (κ1) is 110. The van der Waals surface area contributed by atoms with E-state index in [-0.39, 0.29) is 134 Å². The van der Waals surface area contributed by atoms with Crippen LogP contribution in [0.25, 0.3) is 0 Å². The molecule has 6 aliphatic heterocycles. The van der Waals surface area contributed by atoms with Crippen LogP contribution >= 0.6 is 23.2 Å². The number of fused-ring (bicyclic) bond motifs is 3. The van der Waals surface area contributed by atoms with E-state index in [1.54, 1.807) is 172 Å². The van der Waals surface area contributed by atoms with Crippen LogP contribution in [0.15, 0.2) is 35.8 Å². The predicted molar refractivity (Wildman–Crippen MR) is 430 cm³/mol. The minimum absolute atomic E-state index is 0. The van der Waals surface area contributed by atoms with Crippen LogP contribution in [0.2, 0.25) is 0 Å². The van der Waals surface area contributed by atoms with Crippen molar-refractivity contribution in [2.45, 2.75) is 305 Å². The van der Waals surface area contributed by atoms with Gasteiger partial charge in [-0.1, -0.05) is 6.08 Å². The number of alkyl halides is 2. The van der Waals surface area contributed by atoms with Crippen molar-refractivity contribution in [3.63, 3.8) is 0 Å². The minimum Gasteiger partial charge on any atom is -1.00 e. The van der Waals surface area contributed by atoms with E-state index in [1.807, 2.05) is 0 Å². The first-order valence-electron chi connectivity index (χ1n) is 39.2. The zero-order chi connectivity index (χ0) is 89.7. The third-order valence-electron chi connectivity index (χ3n) is 18.5. The Morgan fingerprint density at radius 2 is 0.681 bits per heavy atom. The molecular formula is C80H129BCl2N6NaO29. The summed E-state index contributed by atoms with van der Waals surface area (Å²) >= 11 is 10.1. The number of ether oxygens (including phenoxy) is 11. The Hall–Kier alpha value is -7.19. The molecule has 0 spiro atoms. The molecule has 3 radical (unpaired) electrons. The van der Waals surface area contributed by atoms with Crippen LogP contribution in [0.5, 0.6) is 0 Å². The van der Waals surface area contributed by atoms with E-state index in [9.17, 15) is 77.6 Å². The van der Waals surface area contributed by atoms with Gasteiger partial charge in [-0.15, -0.1) is 23.2 Å². The summed E-state index contributed by atoms with van der Waals surface area (Å²) in [5.74, 6) is -2.20. The Morgan fingerprint density at radius 3 is 0.958 bits per heavy atom. The van der Waals surface area contributed by atoms with Gasteiger partial charge in [-0.2, -0.15) is 0 Å². The van der Waals surface area contributed by atoms with Gasteiger partial charge in [0.05, 0.1) is 59.5 Å². The number of carboxylic acid groups (broad SMARTS) is 1. The fraction of sp³-hybridized carbons (Fsp3) is 0.762. The first-order chi connectivity index (χ1) is 54.0. The number of amides is 6. The number of rotatable bonds is 17. The van der Waals surface area contributed by atoms with Crippen LogP contribution in [0, 0.1) is 16.2 Å². The van der Waals surface area contributed by atoms with E-state index >= 15 is 0 Å². The topological polar surface area (TPSA) is 444 Å². The number of carbonyl (C=O) groups is 13. The number of hydrogen-bond donors (Lipinski definition) is 5. The van der Waals surface area contributed by atoms with E-state index < -0.39 is 148 Å². The summed E-state index contributed by atoms with van der Waals surface area (Å²) in [7, 11) is 0. The van der Waals surface area contributed by atoms with Crippen molar-refractivity contribution in [2.75, 3.05) is 71.2 Å². The molecule has 671 valence electrons. The molecule has 3 saturated heterocycles. The van der Waals surface area contributed by atoms with Gasteiger partial charge in [0, 0.05) is 91.6 Å². The van der Waals surface area contributed by atoms with Crippen molar-refractivity contribution in [3.8, 4) is 0 Å². The maximum Gasteiger partial charge on any atom is 1.00 e. The van der Waals surface area contributed by atoms with Gasteiger partial charge >= 0.3 is 102 Å². The molecule has 119 heavy (non-hydrogen) atoms. The summed E-state index contributed by atoms with van der Waals surface area (Å²) in [5.41, 5.74) is -3.91. The third kappa shape index (κ3) is 32.9. The minimum atomic E-state index is -1.04. The maximum atomic E-state index is 12.3. The van der Waals surface area contributed by atoms with Gasteiger partial charge in [-0.05, 0) is 210 Å². The number of nitrogens with zero attached hydrogens (tertiary/aromatic N) is 6. The molecule has 39 heteroatoms. The van der Waals surface area contributed by atoms with Crippen molar-refractivity contribution < 1.29 is 171 Å². The smallest absolute Gasteiger partial charge is 1.00 e. The average molecular weight is 1740 g/mol. The molecule has 12 atom stereocenters. The predicted octanol–water partition coefficient (Wildman–Crippen LogP) is 6.80. The molecule has 3 aliphatic carbocycles. The molecule has 0 aromatic carbocycles. The number of aldehydes is 1. The number of carboxylic acids is 1. The largest absolute Gasteiger partial charge is 1.00 e. The van der Waals surface area contributed by atoms with Gasteiger partial charge in [-0.25, -0.2) is 57.5 Å². The fourth-order valence-electron chi connectivity index (χ4n) is 13.3. The second-order valence-electron chi connectivity index (χ2n) is 35.0. The number of esters is 5. The third-order valence-corrected chi connectivity index (χ3v) is 19.0. The van der Waals surface area contributed by atoms with Crippen LogP contribution in [0.1, 0.15) is 218 Å². The zero-order valence-electron chi connectivity index (χ0n) is 74.8. The van der Waals surface area contributed by atoms with Crippen molar-refractivity contribution in [3.05, 3.63) is 35.8 Å². The monoisotopic (exact) mass is 1740 g/mol. The quantitative estimate of drug-likeness (QED) is 0.0328. The van der Waals surface area contributed by atoms with Crippen LogP contribution in [-0.2, 0) is 85.7 Å². The second-order valence-corrected chi connectivity index (χ2v) is 35.8. The Kier molecular flexibility index (Phi) is 42.8. The molecule has 6 fully saturated rings. The van der Waals surface area contributed by atoms with Crippen LogP contribution in [0.3, 0.4) is 0 Å². The van der Waals surface area contributed by atoms with Crippen LogP contribution in [0.4, 0.5) is 28.8 Å². The van der Waals surface area contributed by atoms with Crippen molar-refractivity contribution >= 4 is 110 Å². The molecule has 0 bridgehead atoms. The van der Waals surface area contributed by atoms with Crippen LogP contribution in [-0.4, -0.2) is 301 Å². The first-order valence-corrected chi connectivity index (χ1v) is 40.3. The van der Waals surface area contributed by atoms with Crippen molar-refractivity contribution in [1.82, 2.24) is 29.4 Å². The Labute approximate surface area is 734 Å². The standard InChI is InChI=1S/2C14H23NO5.C13H21NO5.C13H19NO5.C12H19NO5.C12H19NO4.C2H4Cl2.B.Na.H/c2*1-5-19-11(17)9-6-14(8-16)7-10(14)15(9)12(18)20-13(2,3)4;2*1-5-18-11(16)10-6-9(8-15)7-14(10)12(17)19-13(2,3)4;1-11(2,3)18-10(17)13-7(9(15)16)4-12(6-14)5-8(12)13;1-5-16-10(14)9-7-6-8-13(9)11(15)17-12(2,3)4;3-1-2-4;;;/h2*9-10,16H,5-8H2,1-4H3;7,10,15H,5-6,8H2,1-4H3;7-8,10H,5-6H2,1-4H3;7-8,14H,4-6H2,1-3H3,(H,15,16);6,8-9H,5,7H2,1-4H3;1-2H2;;;/q;;;;;;;;+1;-1/t9-,10?,14?;9-,10+,14-;2*10-;7-,8+,12-;9-;;;;/m000000..../s1. The molecule has 5 N–H and O–H groups in total. The summed E-state index contributed by atoms with van der Waals surface area (Å²) in [4.78, 5) is 161. The summed E-state index contributed by atoms with van der Waals surface area (Å²) in [6, 6.07) is -4.76. The van der Waals surface area contributed by atoms with E-state index in [2.05, 4.69) is 0 Å². The molecular weight excluding hydrogens is 1610 g/mol. The summed E-state index contributed by atoms with van der Waals surface area (Å²) in [5, 5.41) is 46.6. The van der Waals surface area contributed by atoms with E-state index in [0.717, 1.165) is 17.7 Å². The Morgan fingerprint density at radius 1 is 0.412 bits per heavy atom. The zero-order valence-corrected chi connectivity index (χ0v) is 77.3. The molecule has 0 aromatic heterocycles. The van der Waals surface area contributed by atoms with Crippen molar-refractivity contribution in [1.29, 1.82) is 0 Å². The number of hydrogen-bond acceptors (Lipinski definition) is 28. The normalized spacial score (nSPS) is 24.9. The maximum absolute atomic E-state index is 12.3. The van der Waals surface area contributed by atoms with Gasteiger partial charge in [0.15, 0.2) is 0 Å². The number of aliphatic hydroxyl groups excluding tert-OH is 4. The fourth-order valence-corrected chi connectivity index (χ4v) is 13.3. The van der Waals surface area contributed by atoms with E-state index in [1.165, 1.54) is 36.9 Å². The van der Waals surface area contributed by atoms with Crippen molar-refractivity contribution in [2.24, 2.45) is 16.2 Å². The summed E-state index contributed by atoms with van der Waals surface area (Å²) < 4.78 is 56.4. The average Bonchev–Trinajstić information content (AvgIpc) is 1.55.